The molecule has 27 heavy (non-hydrogen) atoms. The lowest BCUT2D eigenvalue weighted by Crippen LogP contribution is -2.56. The normalized spacial score (nSPS) is 21.2. The van der Waals surface area contributed by atoms with Crippen molar-refractivity contribution >= 4 is 17.6 Å². The second-order valence-corrected chi connectivity index (χ2v) is 7.87. The molecule has 0 spiro atoms. The van der Waals surface area contributed by atoms with E-state index in [1.807, 2.05) is 11.8 Å². The van der Waals surface area contributed by atoms with Gasteiger partial charge in [0, 0.05) is 45.3 Å². The van der Waals surface area contributed by atoms with Crippen molar-refractivity contribution in [1.82, 2.24) is 19.9 Å². The molecule has 2 aliphatic rings. The third kappa shape index (κ3) is 5.29. The maximum absolute atomic E-state index is 12.8. The standard InChI is InChI=1S/C19H31N5O3/c1-14-4-6-24(7-5-14)19(26)16(3)23-10-8-22(9-11-23)13-18(25)20-17-12-15(2)27-21-17/h12,14,16H,4-11,13H2,1-3H3,(H,20,21,25). The second kappa shape index (κ2) is 8.84. The molecule has 0 bridgehead atoms. The summed E-state index contributed by atoms with van der Waals surface area (Å²) in [4.78, 5) is 31.3. The van der Waals surface area contributed by atoms with Crippen LogP contribution in [0.1, 0.15) is 32.4 Å². The molecule has 2 fully saturated rings. The molecule has 8 nitrogen and oxygen atoms in total. The lowest BCUT2D eigenvalue weighted by molar-refractivity contribution is -0.138. The lowest BCUT2D eigenvalue weighted by atomic mass is 9.98. The largest absolute Gasteiger partial charge is 0.360 e. The number of amides is 2. The van der Waals surface area contributed by atoms with Gasteiger partial charge >= 0.3 is 0 Å². The fraction of sp³-hybridized carbons (Fsp3) is 0.737. The molecule has 2 aliphatic heterocycles. The maximum atomic E-state index is 12.8. The Bertz CT molecular complexity index is 646. The molecule has 0 aromatic carbocycles. The van der Waals surface area contributed by atoms with Crippen molar-refractivity contribution in [3.63, 3.8) is 0 Å². The minimum absolute atomic E-state index is 0.0903. The van der Waals surface area contributed by atoms with Gasteiger partial charge in [-0.25, -0.2) is 0 Å². The average Bonchev–Trinajstić information content (AvgIpc) is 3.06. The summed E-state index contributed by atoms with van der Waals surface area (Å²) in [5.74, 6) is 1.99. The SMILES string of the molecule is Cc1cc(NC(=O)CN2CCN(C(C)C(=O)N3CCC(C)CC3)CC2)no1. The number of piperidine rings is 1. The van der Waals surface area contributed by atoms with Crippen LogP contribution in [0, 0.1) is 12.8 Å². The van der Waals surface area contributed by atoms with Gasteiger partial charge in [-0.2, -0.15) is 0 Å². The number of anilines is 1. The fourth-order valence-electron chi connectivity index (χ4n) is 3.77. The van der Waals surface area contributed by atoms with Gasteiger partial charge in [-0.3, -0.25) is 19.4 Å². The second-order valence-electron chi connectivity index (χ2n) is 7.87. The molecule has 150 valence electrons. The van der Waals surface area contributed by atoms with Gasteiger partial charge in [0.15, 0.2) is 5.82 Å². The van der Waals surface area contributed by atoms with Crippen LogP contribution in [0.4, 0.5) is 5.82 Å². The molecule has 3 heterocycles. The fourth-order valence-corrected chi connectivity index (χ4v) is 3.77. The predicted octanol–water partition coefficient (Wildman–Crippen LogP) is 1.19. The molecule has 2 amide bonds. The van der Waals surface area contributed by atoms with Gasteiger partial charge in [0.1, 0.15) is 5.76 Å². The first-order valence-electron chi connectivity index (χ1n) is 9.90. The van der Waals surface area contributed by atoms with E-state index in [9.17, 15) is 9.59 Å². The zero-order valence-corrected chi connectivity index (χ0v) is 16.6. The van der Waals surface area contributed by atoms with Crippen molar-refractivity contribution in [2.24, 2.45) is 5.92 Å². The minimum Gasteiger partial charge on any atom is -0.360 e. The van der Waals surface area contributed by atoms with E-state index in [1.165, 1.54) is 0 Å². The van der Waals surface area contributed by atoms with Crippen LogP contribution in [-0.2, 0) is 9.59 Å². The molecular formula is C19H31N5O3. The molecule has 1 N–H and O–H groups in total. The van der Waals surface area contributed by atoms with Crippen molar-refractivity contribution in [3.8, 4) is 0 Å². The Hall–Kier alpha value is -1.93. The number of carbonyl (C=O) groups excluding carboxylic acids is 2. The Labute approximate surface area is 160 Å². The van der Waals surface area contributed by atoms with E-state index in [0.717, 1.165) is 58.0 Å². The molecule has 1 unspecified atom stereocenters. The summed E-state index contributed by atoms with van der Waals surface area (Å²) >= 11 is 0. The number of aryl methyl sites for hydroxylation is 1. The Kier molecular flexibility index (Phi) is 6.49. The summed E-state index contributed by atoms with van der Waals surface area (Å²) in [5, 5.41) is 6.53. The number of nitrogens with one attached hydrogen (secondary N) is 1. The summed E-state index contributed by atoms with van der Waals surface area (Å²) in [6.45, 7) is 11.3. The van der Waals surface area contributed by atoms with Crippen molar-refractivity contribution in [3.05, 3.63) is 11.8 Å². The van der Waals surface area contributed by atoms with Crippen LogP contribution in [-0.4, -0.2) is 83.5 Å². The molecule has 0 radical (unpaired) electrons. The van der Waals surface area contributed by atoms with Crippen LogP contribution in [0.3, 0.4) is 0 Å². The van der Waals surface area contributed by atoms with Crippen LogP contribution in [0.2, 0.25) is 0 Å². The number of hydrogen-bond donors (Lipinski definition) is 1. The quantitative estimate of drug-likeness (QED) is 0.830. The van der Waals surface area contributed by atoms with Gasteiger partial charge < -0.3 is 14.7 Å². The van der Waals surface area contributed by atoms with Gasteiger partial charge in [-0.1, -0.05) is 12.1 Å². The third-order valence-corrected chi connectivity index (χ3v) is 5.67. The zero-order chi connectivity index (χ0) is 19.4. The first-order chi connectivity index (χ1) is 12.9. The van der Waals surface area contributed by atoms with E-state index in [0.29, 0.717) is 18.1 Å². The summed E-state index contributed by atoms with van der Waals surface area (Å²) < 4.78 is 4.95. The third-order valence-electron chi connectivity index (χ3n) is 5.67. The van der Waals surface area contributed by atoms with Crippen LogP contribution >= 0.6 is 0 Å². The Morgan fingerprint density at radius 3 is 2.48 bits per heavy atom. The Morgan fingerprint density at radius 1 is 1.22 bits per heavy atom. The zero-order valence-electron chi connectivity index (χ0n) is 16.6. The number of hydrogen-bond acceptors (Lipinski definition) is 6. The Morgan fingerprint density at radius 2 is 1.89 bits per heavy atom. The number of nitrogens with zero attached hydrogens (tertiary/aromatic N) is 4. The summed E-state index contributed by atoms with van der Waals surface area (Å²) in [7, 11) is 0. The molecule has 1 aromatic heterocycles. The predicted molar refractivity (Wildman–Crippen MR) is 102 cm³/mol. The van der Waals surface area contributed by atoms with E-state index in [-0.39, 0.29) is 17.9 Å². The molecule has 3 rings (SSSR count). The lowest BCUT2D eigenvalue weighted by Gasteiger charge is -2.40. The van der Waals surface area contributed by atoms with Crippen molar-refractivity contribution in [1.29, 1.82) is 0 Å². The maximum Gasteiger partial charge on any atom is 0.239 e. The van der Waals surface area contributed by atoms with E-state index < -0.39 is 0 Å². The number of carbonyl (C=O) groups is 2. The van der Waals surface area contributed by atoms with Crippen molar-refractivity contribution in [2.75, 3.05) is 51.1 Å². The number of likely N-dealkylation sites (tertiary alicyclic amines) is 1. The molecule has 1 atom stereocenters. The van der Waals surface area contributed by atoms with Crippen LogP contribution in [0.25, 0.3) is 0 Å². The van der Waals surface area contributed by atoms with Gasteiger partial charge in [0.2, 0.25) is 11.8 Å². The highest BCUT2D eigenvalue weighted by atomic mass is 16.5. The van der Waals surface area contributed by atoms with E-state index in [4.69, 9.17) is 4.52 Å². The smallest absolute Gasteiger partial charge is 0.239 e. The molecule has 0 saturated carbocycles. The highest BCUT2D eigenvalue weighted by Crippen LogP contribution is 2.18. The van der Waals surface area contributed by atoms with Gasteiger partial charge in [-0.15, -0.1) is 0 Å². The van der Waals surface area contributed by atoms with E-state index >= 15 is 0 Å². The molecule has 1 aromatic rings. The Balaban J connectivity index is 1.41. The van der Waals surface area contributed by atoms with Crippen molar-refractivity contribution < 1.29 is 14.1 Å². The van der Waals surface area contributed by atoms with Gasteiger partial charge in [0.25, 0.3) is 0 Å². The molecular weight excluding hydrogens is 346 g/mol. The monoisotopic (exact) mass is 377 g/mol. The minimum atomic E-state index is -0.0942. The van der Waals surface area contributed by atoms with Crippen LogP contribution < -0.4 is 5.32 Å². The number of aromatic nitrogens is 1. The molecule has 8 heteroatoms. The highest BCUT2D eigenvalue weighted by molar-refractivity contribution is 5.91. The van der Waals surface area contributed by atoms with E-state index in [2.05, 4.69) is 27.2 Å². The average molecular weight is 377 g/mol. The first kappa shape index (κ1) is 19.8. The van der Waals surface area contributed by atoms with Gasteiger partial charge in [0.05, 0.1) is 12.6 Å². The van der Waals surface area contributed by atoms with Crippen molar-refractivity contribution in [2.45, 2.75) is 39.7 Å². The molecule has 2 saturated heterocycles. The topological polar surface area (TPSA) is 81.9 Å². The van der Waals surface area contributed by atoms with Crippen LogP contribution in [0.5, 0.6) is 0 Å². The summed E-state index contributed by atoms with van der Waals surface area (Å²) in [6.07, 6.45) is 2.21. The molecule has 0 aliphatic carbocycles. The van der Waals surface area contributed by atoms with Gasteiger partial charge in [-0.05, 0) is 32.6 Å². The number of rotatable bonds is 5. The first-order valence-corrected chi connectivity index (χ1v) is 9.90. The summed E-state index contributed by atoms with van der Waals surface area (Å²) in [5.41, 5.74) is 0. The van der Waals surface area contributed by atoms with E-state index in [1.54, 1.807) is 13.0 Å². The number of piperazine rings is 1. The van der Waals surface area contributed by atoms with Crippen LogP contribution in [0.15, 0.2) is 10.6 Å². The summed E-state index contributed by atoms with van der Waals surface area (Å²) in [6, 6.07) is 1.61. The highest BCUT2D eigenvalue weighted by Gasteiger charge is 2.30.